The molecular weight excluding hydrogens is 409 g/mol. The molecule has 1 aromatic rings. The van der Waals surface area contributed by atoms with Gasteiger partial charge in [0.1, 0.15) is 11.6 Å². The largest absolute Gasteiger partial charge is 0.467 e. The molecule has 1 N–H and O–H groups in total. The maximum Gasteiger partial charge on any atom is 0.458 e. The molecular formula is C24H38BNO6. The summed E-state index contributed by atoms with van der Waals surface area (Å²) >= 11 is 0. The first-order valence-electron chi connectivity index (χ1n) is 11.2. The Morgan fingerprint density at radius 1 is 1.06 bits per heavy atom. The normalized spacial score (nSPS) is 19.2. The van der Waals surface area contributed by atoms with E-state index in [1.807, 2.05) is 24.3 Å². The summed E-state index contributed by atoms with van der Waals surface area (Å²) in [5.74, 6) is -0.288. The van der Waals surface area contributed by atoms with Gasteiger partial charge in [0.05, 0.1) is 18.3 Å². The van der Waals surface area contributed by atoms with Crippen LogP contribution < -0.4 is 5.32 Å². The monoisotopic (exact) mass is 447 g/mol. The van der Waals surface area contributed by atoms with Crippen molar-refractivity contribution in [3.8, 4) is 0 Å². The van der Waals surface area contributed by atoms with E-state index in [0.29, 0.717) is 6.42 Å². The Bertz CT molecular complexity index is 784. The molecule has 1 saturated heterocycles. The third kappa shape index (κ3) is 6.97. The summed E-state index contributed by atoms with van der Waals surface area (Å²) in [4.78, 5) is 24.3. The fraction of sp³-hybridized carbons (Fsp3) is 0.667. The number of methoxy groups -OCH3 is 1. The lowest BCUT2D eigenvalue weighted by molar-refractivity contribution is -0.143. The average molecular weight is 447 g/mol. The second kappa shape index (κ2) is 9.83. The van der Waals surface area contributed by atoms with E-state index in [2.05, 4.69) is 39.9 Å². The maximum absolute atomic E-state index is 12.2. The first kappa shape index (κ1) is 26.2. The van der Waals surface area contributed by atoms with Gasteiger partial charge in [-0.25, -0.2) is 9.59 Å². The van der Waals surface area contributed by atoms with Crippen LogP contribution in [-0.4, -0.2) is 49.1 Å². The van der Waals surface area contributed by atoms with Crippen LogP contribution >= 0.6 is 0 Å². The predicted octanol–water partition coefficient (Wildman–Crippen LogP) is 4.49. The molecule has 0 radical (unpaired) electrons. The minimum atomic E-state index is -0.831. The van der Waals surface area contributed by atoms with Crippen LogP contribution in [0.25, 0.3) is 0 Å². The van der Waals surface area contributed by atoms with Gasteiger partial charge in [-0.05, 0) is 71.8 Å². The number of ether oxygens (including phenoxy) is 2. The lowest BCUT2D eigenvalue weighted by atomic mass is 9.75. The molecule has 1 aliphatic heterocycles. The highest BCUT2D eigenvalue weighted by Gasteiger charge is 2.51. The number of alkyl carbamates (subject to hydrolysis) is 1. The van der Waals surface area contributed by atoms with Crippen LogP contribution in [0.5, 0.6) is 0 Å². The lowest BCUT2D eigenvalue weighted by Crippen LogP contribution is -2.45. The molecule has 0 saturated carbocycles. The number of rotatable bonds is 7. The first-order valence-corrected chi connectivity index (χ1v) is 11.2. The van der Waals surface area contributed by atoms with Crippen molar-refractivity contribution in [3.63, 3.8) is 0 Å². The highest BCUT2D eigenvalue weighted by molar-refractivity contribution is 6.45. The molecule has 0 unspecified atom stereocenters. The van der Waals surface area contributed by atoms with E-state index in [9.17, 15) is 9.59 Å². The lowest BCUT2D eigenvalue weighted by Gasteiger charge is -2.32. The fourth-order valence-corrected chi connectivity index (χ4v) is 3.49. The quantitative estimate of drug-likeness (QED) is 0.490. The van der Waals surface area contributed by atoms with Gasteiger partial charge in [-0.2, -0.15) is 0 Å². The fourth-order valence-electron chi connectivity index (χ4n) is 3.49. The first-order chi connectivity index (χ1) is 14.6. The van der Waals surface area contributed by atoms with Gasteiger partial charge in [0.2, 0.25) is 0 Å². The summed E-state index contributed by atoms with van der Waals surface area (Å²) < 4.78 is 22.3. The van der Waals surface area contributed by atoms with E-state index in [4.69, 9.17) is 18.8 Å². The van der Waals surface area contributed by atoms with E-state index in [0.717, 1.165) is 17.4 Å². The van der Waals surface area contributed by atoms with E-state index < -0.39 is 23.7 Å². The highest BCUT2D eigenvalue weighted by Crippen LogP contribution is 2.39. The van der Waals surface area contributed by atoms with Crippen molar-refractivity contribution in [2.24, 2.45) is 0 Å². The second-order valence-corrected chi connectivity index (χ2v) is 10.5. The van der Waals surface area contributed by atoms with Crippen molar-refractivity contribution in [3.05, 3.63) is 35.4 Å². The number of carbonyl (C=O) groups excluding carboxylic acids is 2. The Balaban J connectivity index is 2.00. The number of amides is 1. The molecule has 32 heavy (non-hydrogen) atoms. The molecule has 178 valence electrons. The Kier molecular flexibility index (Phi) is 8.05. The van der Waals surface area contributed by atoms with Gasteiger partial charge >= 0.3 is 19.2 Å². The van der Waals surface area contributed by atoms with Crippen molar-refractivity contribution in [1.29, 1.82) is 0 Å². The third-order valence-electron chi connectivity index (χ3n) is 6.01. The molecule has 1 aliphatic rings. The zero-order chi connectivity index (χ0) is 24.3. The summed E-state index contributed by atoms with van der Waals surface area (Å²) in [5.41, 5.74) is 0.720. The highest BCUT2D eigenvalue weighted by atomic mass is 16.7. The SMILES string of the molecule is COC(=O)[C@H](Cc1ccc([C@H](C)CB2OC(C)(C)C(C)(C)O2)cc1)NC(=O)OC(C)(C)C. The second-order valence-electron chi connectivity index (χ2n) is 10.5. The summed E-state index contributed by atoms with van der Waals surface area (Å²) in [6.07, 6.45) is 0.398. The molecule has 0 aliphatic carbocycles. The van der Waals surface area contributed by atoms with Crippen molar-refractivity contribution in [1.82, 2.24) is 5.32 Å². The van der Waals surface area contributed by atoms with Crippen molar-refractivity contribution >= 4 is 19.2 Å². The molecule has 1 amide bonds. The summed E-state index contributed by atoms with van der Waals surface area (Å²) in [5, 5.41) is 2.60. The van der Waals surface area contributed by atoms with Crippen LogP contribution in [0.4, 0.5) is 4.79 Å². The predicted molar refractivity (Wildman–Crippen MR) is 125 cm³/mol. The van der Waals surface area contributed by atoms with Crippen LogP contribution in [0.15, 0.2) is 24.3 Å². The van der Waals surface area contributed by atoms with Crippen LogP contribution in [-0.2, 0) is 30.0 Å². The standard InChI is InChI=1S/C24H38BNO6/c1-16(15-25-31-23(5,6)24(7,8)32-25)18-12-10-17(11-13-18)14-19(20(27)29-9)26-21(28)30-22(2,3)4/h10-13,16,19H,14-15H2,1-9H3,(H,26,28)/t16-,19+/m1/s1. The Labute approximate surface area is 192 Å². The minimum absolute atomic E-state index is 0.232. The number of hydrogen-bond donors (Lipinski definition) is 1. The zero-order valence-corrected chi connectivity index (χ0v) is 20.9. The summed E-state index contributed by atoms with van der Waals surface area (Å²) in [6, 6.07) is 7.16. The summed E-state index contributed by atoms with van der Waals surface area (Å²) in [6.45, 7) is 15.6. The van der Waals surface area contributed by atoms with Gasteiger partial charge in [0, 0.05) is 6.42 Å². The Morgan fingerprint density at radius 2 is 1.59 bits per heavy atom. The van der Waals surface area contributed by atoms with Crippen LogP contribution in [0.1, 0.15) is 72.4 Å². The molecule has 2 rings (SSSR count). The van der Waals surface area contributed by atoms with Gasteiger partial charge < -0.3 is 24.1 Å². The molecule has 0 aromatic heterocycles. The Morgan fingerprint density at radius 3 is 2.06 bits per heavy atom. The van der Waals surface area contributed by atoms with E-state index >= 15 is 0 Å². The molecule has 1 fully saturated rings. The molecule has 1 heterocycles. The molecule has 0 spiro atoms. The van der Waals surface area contributed by atoms with Crippen LogP contribution in [0, 0.1) is 0 Å². The Hall–Kier alpha value is -2.06. The van der Waals surface area contributed by atoms with Gasteiger partial charge in [0.25, 0.3) is 0 Å². The van der Waals surface area contributed by atoms with Gasteiger partial charge in [-0.15, -0.1) is 0 Å². The topological polar surface area (TPSA) is 83.1 Å². The summed E-state index contributed by atoms with van der Waals surface area (Å²) in [7, 11) is 1.04. The van der Waals surface area contributed by atoms with Crippen LogP contribution in [0.2, 0.25) is 6.32 Å². The maximum atomic E-state index is 12.2. The number of benzene rings is 1. The number of carbonyl (C=O) groups is 2. The minimum Gasteiger partial charge on any atom is -0.467 e. The van der Waals surface area contributed by atoms with Gasteiger partial charge in [-0.1, -0.05) is 31.2 Å². The number of esters is 1. The smallest absolute Gasteiger partial charge is 0.458 e. The zero-order valence-electron chi connectivity index (χ0n) is 20.9. The molecule has 8 heteroatoms. The number of hydrogen-bond acceptors (Lipinski definition) is 6. The van der Waals surface area contributed by atoms with Crippen molar-refractivity contribution in [2.45, 2.75) is 96.9 Å². The average Bonchev–Trinajstić information content (AvgIpc) is 2.85. The third-order valence-corrected chi connectivity index (χ3v) is 6.01. The van der Waals surface area contributed by atoms with Gasteiger partial charge in [0.15, 0.2) is 0 Å². The van der Waals surface area contributed by atoms with Crippen LogP contribution in [0.3, 0.4) is 0 Å². The molecule has 0 bridgehead atoms. The van der Waals surface area contributed by atoms with Crippen molar-refractivity contribution < 1.29 is 28.4 Å². The van der Waals surface area contributed by atoms with Gasteiger partial charge in [-0.3, -0.25) is 0 Å². The van der Waals surface area contributed by atoms with E-state index in [-0.39, 0.29) is 24.2 Å². The van der Waals surface area contributed by atoms with E-state index in [1.165, 1.54) is 7.11 Å². The molecule has 7 nitrogen and oxygen atoms in total. The van der Waals surface area contributed by atoms with Crippen molar-refractivity contribution in [2.75, 3.05) is 7.11 Å². The number of nitrogens with one attached hydrogen (secondary N) is 1. The van der Waals surface area contributed by atoms with E-state index in [1.54, 1.807) is 20.8 Å². The molecule has 1 aromatic carbocycles. The molecule has 2 atom stereocenters.